The first-order valence-corrected chi connectivity index (χ1v) is 6.70. The van der Waals surface area contributed by atoms with Gasteiger partial charge < -0.3 is 11.1 Å². The minimum absolute atomic E-state index is 0.141. The largest absolute Gasteiger partial charge is 0.398 e. The summed E-state index contributed by atoms with van der Waals surface area (Å²) in [6, 6.07) is 18.2. The minimum atomic E-state index is 0.141. The predicted molar refractivity (Wildman–Crippen MR) is 84.6 cm³/mol. The number of pyridine rings is 1. The molecule has 1 heterocycles. The van der Waals surface area contributed by atoms with Crippen LogP contribution in [0.1, 0.15) is 18.5 Å². The van der Waals surface area contributed by atoms with Gasteiger partial charge in [-0.2, -0.15) is 0 Å². The van der Waals surface area contributed by atoms with Crippen LogP contribution in [0.3, 0.4) is 0 Å². The zero-order chi connectivity index (χ0) is 13.9. The first kappa shape index (κ1) is 12.5. The third kappa shape index (κ3) is 2.30. The van der Waals surface area contributed by atoms with E-state index in [-0.39, 0.29) is 6.04 Å². The Morgan fingerprint density at radius 1 is 1.00 bits per heavy atom. The lowest BCUT2D eigenvalue weighted by atomic mass is 10.1. The molecule has 0 aliphatic heterocycles. The minimum Gasteiger partial charge on any atom is -0.398 e. The van der Waals surface area contributed by atoms with Crippen molar-refractivity contribution in [2.75, 3.05) is 11.1 Å². The van der Waals surface area contributed by atoms with Gasteiger partial charge in [0.05, 0.1) is 11.6 Å². The maximum atomic E-state index is 6.04. The molecular formula is C17H17N3. The topological polar surface area (TPSA) is 50.9 Å². The van der Waals surface area contributed by atoms with Crippen molar-refractivity contribution in [3.63, 3.8) is 0 Å². The van der Waals surface area contributed by atoms with E-state index in [0.29, 0.717) is 0 Å². The van der Waals surface area contributed by atoms with E-state index in [2.05, 4.69) is 29.4 Å². The molecule has 100 valence electrons. The molecule has 0 aliphatic rings. The van der Waals surface area contributed by atoms with E-state index in [4.69, 9.17) is 5.73 Å². The van der Waals surface area contributed by atoms with Gasteiger partial charge in [-0.1, -0.05) is 36.4 Å². The molecule has 2 aromatic carbocycles. The summed E-state index contributed by atoms with van der Waals surface area (Å²) in [4.78, 5) is 4.37. The van der Waals surface area contributed by atoms with Crippen molar-refractivity contribution in [1.82, 2.24) is 4.98 Å². The summed E-state index contributed by atoms with van der Waals surface area (Å²) in [5.74, 6) is 0. The maximum absolute atomic E-state index is 6.04. The van der Waals surface area contributed by atoms with Gasteiger partial charge in [0.15, 0.2) is 0 Å². The Morgan fingerprint density at radius 2 is 1.75 bits per heavy atom. The quantitative estimate of drug-likeness (QED) is 0.702. The molecule has 1 atom stereocenters. The SMILES string of the molecule is CC(Nc1ccnc2ccccc12)c1ccccc1N. The van der Waals surface area contributed by atoms with Crippen LogP contribution in [0.2, 0.25) is 0 Å². The molecule has 0 bridgehead atoms. The summed E-state index contributed by atoms with van der Waals surface area (Å²) in [5, 5.41) is 4.64. The fourth-order valence-electron chi connectivity index (χ4n) is 2.44. The summed E-state index contributed by atoms with van der Waals surface area (Å²) in [5.41, 5.74) is 10.0. The lowest BCUT2D eigenvalue weighted by Gasteiger charge is -2.18. The van der Waals surface area contributed by atoms with Crippen LogP contribution in [-0.4, -0.2) is 4.98 Å². The number of benzene rings is 2. The van der Waals surface area contributed by atoms with Gasteiger partial charge in [-0.25, -0.2) is 0 Å². The number of nitrogens with zero attached hydrogens (tertiary/aromatic N) is 1. The second kappa shape index (κ2) is 5.21. The molecule has 0 radical (unpaired) electrons. The summed E-state index contributed by atoms with van der Waals surface area (Å²) in [7, 11) is 0. The number of aromatic nitrogens is 1. The van der Waals surface area contributed by atoms with Crippen LogP contribution in [0.15, 0.2) is 60.8 Å². The van der Waals surface area contributed by atoms with Crippen molar-refractivity contribution in [2.45, 2.75) is 13.0 Å². The highest BCUT2D eigenvalue weighted by atomic mass is 14.9. The monoisotopic (exact) mass is 263 g/mol. The van der Waals surface area contributed by atoms with E-state index in [1.165, 1.54) is 0 Å². The van der Waals surface area contributed by atoms with Crippen molar-refractivity contribution in [1.29, 1.82) is 0 Å². The Balaban J connectivity index is 1.96. The molecular weight excluding hydrogens is 246 g/mol. The molecule has 3 nitrogen and oxygen atoms in total. The van der Waals surface area contributed by atoms with Crippen molar-refractivity contribution >= 4 is 22.3 Å². The van der Waals surface area contributed by atoms with Crippen LogP contribution < -0.4 is 11.1 Å². The Labute approximate surface area is 118 Å². The number of hydrogen-bond acceptors (Lipinski definition) is 3. The molecule has 3 aromatic rings. The van der Waals surface area contributed by atoms with E-state index < -0.39 is 0 Å². The standard InChI is InChI=1S/C17H17N3/c1-12(13-6-2-4-8-15(13)18)20-17-10-11-19-16-9-5-3-7-14(16)17/h2-12H,18H2,1H3,(H,19,20). The zero-order valence-corrected chi connectivity index (χ0v) is 11.4. The number of rotatable bonds is 3. The number of fused-ring (bicyclic) bond motifs is 1. The Kier molecular flexibility index (Phi) is 3.25. The lowest BCUT2D eigenvalue weighted by Crippen LogP contribution is -2.09. The summed E-state index contributed by atoms with van der Waals surface area (Å²) in [6.07, 6.45) is 1.83. The smallest absolute Gasteiger partial charge is 0.0722 e. The molecule has 0 saturated carbocycles. The van der Waals surface area contributed by atoms with Gasteiger partial charge in [0.25, 0.3) is 0 Å². The first-order chi connectivity index (χ1) is 9.75. The summed E-state index contributed by atoms with van der Waals surface area (Å²) in [6.45, 7) is 2.11. The number of anilines is 2. The molecule has 0 aliphatic carbocycles. The number of nitrogens with two attached hydrogens (primary N) is 1. The second-order valence-electron chi connectivity index (χ2n) is 4.87. The molecule has 3 heteroatoms. The molecule has 3 N–H and O–H groups in total. The van der Waals surface area contributed by atoms with Gasteiger partial charge in [0.2, 0.25) is 0 Å². The number of nitrogens with one attached hydrogen (secondary N) is 1. The highest BCUT2D eigenvalue weighted by Gasteiger charge is 2.10. The number of hydrogen-bond donors (Lipinski definition) is 2. The van der Waals surface area contributed by atoms with Crippen molar-refractivity contribution in [3.8, 4) is 0 Å². The molecule has 3 rings (SSSR count). The van der Waals surface area contributed by atoms with E-state index >= 15 is 0 Å². The second-order valence-corrected chi connectivity index (χ2v) is 4.87. The van der Waals surface area contributed by atoms with Crippen LogP contribution in [0.5, 0.6) is 0 Å². The fourth-order valence-corrected chi connectivity index (χ4v) is 2.44. The van der Waals surface area contributed by atoms with E-state index in [0.717, 1.165) is 27.8 Å². The van der Waals surface area contributed by atoms with Gasteiger partial charge in [-0.3, -0.25) is 4.98 Å². The van der Waals surface area contributed by atoms with Gasteiger partial charge in [0, 0.05) is 23.0 Å². The van der Waals surface area contributed by atoms with Crippen LogP contribution in [0, 0.1) is 0 Å². The molecule has 20 heavy (non-hydrogen) atoms. The molecule has 1 aromatic heterocycles. The average molecular weight is 263 g/mol. The fraction of sp³-hybridized carbons (Fsp3) is 0.118. The lowest BCUT2D eigenvalue weighted by molar-refractivity contribution is 0.890. The third-order valence-corrected chi connectivity index (χ3v) is 3.48. The van der Waals surface area contributed by atoms with Gasteiger partial charge in [-0.15, -0.1) is 0 Å². The highest BCUT2D eigenvalue weighted by Crippen LogP contribution is 2.27. The molecule has 0 spiro atoms. The normalized spacial score (nSPS) is 12.2. The van der Waals surface area contributed by atoms with Gasteiger partial charge >= 0.3 is 0 Å². The van der Waals surface area contributed by atoms with Crippen molar-refractivity contribution in [3.05, 3.63) is 66.4 Å². The number of para-hydroxylation sites is 2. The molecule has 0 saturated heterocycles. The van der Waals surface area contributed by atoms with Gasteiger partial charge in [0.1, 0.15) is 0 Å². The Bertz CT molecular complexity index is 732. The third-order valence-electron chi connectivity index (χ3n) is 3.48. The van der Waals surface area contributed by atoms with Crippen LogP contribution >= 0.6 is 0 Å². The summed E-state index contributed by atoms with van der Waals surface area (Å²) >= 11 is 0. The first-order valence-electron chi connectivity index (χ1n) is 6.70. The molecule has 0 amide bonds. The Morgan fingerprint density at radius 3 is 2.60 bits per heavy atom. The van der Waals surface area contributed by atoms with E-state index in [1.54, 1.807) is 0 Å². The maximum Gasteiger partial charge on any atom is 0.0722 e. The molecule has 0 fully saturated rings. The van der Waals surface area contributed by atoms with E-state index in [9.17, 15) is 0 Å². The highest BCUT2D eigenvalue weighted by molar-refractivity contribution is 5.91. The number of nitrogen functional groups attached to an aromatic ring is 1. The van der Waals surface area contributed by atoms with Gasteiger partial charge in [-0.05, 0) is 30.7 Å². The van der Waals surface area contributed by atoms with Crippen LogP contribution in [0.25, 0.3) is 10.9 Å². The average Bonchev–Trinajstić information content (AvgIpc) is 2.48. The van der Waals surface area contributed by atoms with Crippen molar-refractivity contribution in [2.24, 2.45) is 0 Å². The van der Waals surface area contributed by atoms with Crippen LogP contribution in [0.4, 0.5) is 11.4 Å². The van der Waals surface area contributed by atoms with Crippen LogP contribution in [-0.2, 0) is 0 Å². The van der Waals surface area contributed by atoms with Crippen molar-refractivity contribution < 1.29 is 0 Å². The molecule has 1 unspecified atom stereocenters. The van der Waals surface area contributed by atoms with E-state index in [1.807, 2.05) is 48.7 Å². The summed E-state index contributed by atoms with van der Waals surface area (Å²) < 4.78 is 0. The Hall–Kier alpha value is -2.55. The zero-order valence-electron chi connectivity index (χ0n) is 11.4. The predicted octanol–water partition coefficient (Wildman–Crippen LogP) is 3.99.